The maximum atomic E-state index is 12.7. The van der Waals surface area contributed by atoms with Gasteiger partial charge >= 0.3 is 0 Å². The lowest BCUT2D eigenvalue weighted by atomic mass is 9.77. The van der Waals surface area contributed by atoms with Crippen molar-refractivity contribution >= 4 is 23.2 Å². The van der Waals surface area contributed by atoms with Crippen LogP contribution in [0.4, 0.5) is 0 Å². The van der Waals surface area contributed by atoms with E-state index in [1.54, 1.807) is 32.1 Å². The highest BCUT2D eigenvalue weighted by Crippen LogP contribution is 2.30. The van der Waals surface area contributed by atoms with Gasteiger partial charge in [-0.1, -0.05) is 18.2 Å². The molecule has 0 aromatic carbocycles. The second-order valence-electron chi connectivity index (χ2n) is 4.95. The molecule has 5 nitrogen and oxygen atoms in total. The molecule has 0 saturated heterocycles. The number of aromatic nitrogens is 2. The fourth-order valence-electron chi connectivity index (χ4n) is 2.00. The third kappa shape index (κ3) is 2.49. The number of hydrogen-bond acceptors (Lipinski definition) is 5. The fourth-order valence-corrected chi connectivity index (χ4v) is 2.10. The van der Waals surface area contributed by atoms with Gasteiger partial charge in [-0.25, -0.2) is 0 Å². The van der Waals surface area contributed by atoms with E-state index in [1.807, 2.05) is 0 Å². The Balaban J connectivity index is 2.54. The summed E-state index contributed by atoms with van der Waals surface area (Å²) >= 11 is 5.73. The minimum Gasteiger partial charge on any atom is -0.384 e. The van der Waals surface area contributed by atoms with Gasteiger partial charge in [0.25, 0.3) is 0 Å². The molecule has 0 spiro atoms. The first-order valence-electron chi connectivity index (χ1n) is 6.06. The smallest absolute Gasteiger partial charge is 0.176 e. The van der Waals surface area contributed by atoms with Crippen molar-refractivity contribution in [2.75, 3.05) is 6.54 Å². The van der Waals surface area contributed by atoms with Crippen LogP contribution in [0.1, 0.15) is 19.5 Å². The number of rotatable bonds is 1. The lowest BCUT2D eigenvalue weighted by Crippen LogP contribution is -2.39. The molecular weight excluding hydrogens is 276 g/mol. The predicted octanol–water partition coefficient (Wildman–Crippen LogP) is 1.83. The Morgan fingerprint density at radius 1 is 1.40 bits per heavy atom. The van der Waals surface area contributed by atoms with Gasteiger partial charge in [-0.05, 0) is 37.6 Å². The molecule has 104 valence electrons. The summed E-state index contributed by atoms with van der Waals surface area (Å²) in [6.45, 7) is 7.58. The third-order valence-electron chi connectivity index (χ3n) is 3.39. The average molecular weight is 291 g/mol. The molecule has 2 N–H and O–H groups in total. The third-order valence-corrected chi connectivity index (χ3v) is 3.59. The highest BCUT2D eigenvalue weighted by Gasteiger charge is 2.39. The van der Waals surface area contributed by atoms with Gasteiger partial charge in [0.1, 0.15) is 5.84 Å². The highest BCUT2D eigenvalue weighted by molar-refractivity contribution is 6.29. The number of nitrogens with zero attached hydrogens (tertiary/aromatic N) is 3. The van der Waals surface area contributed by atoms with Crippen molar-refractivity contribution in [1.82, 2.24) is 10.2 Å². The molecule has 0 bridgehead atoms. The molecule has 6 heteroatoms. The Bertz CT molecular complexity index is 633. The van der Waals surface area contributed by atoms with E-state index in [0.29, 0.717) is 22.7 Å². The van der Waals surface area contributed by atoms with E-state index in [4.69, 9.17) is 17.3 Å². The molecule has 1 aromatic rings. The summed E-state index contributed by atoms with van der Waals surface area (Å²) in [5.74, 6) is 0.225. The van der Waals surface area contributed by atoms with Gasteiger partial charge in [0.05, 0.1) is 17.7 Å². The van der Waals surface area contributed by atoms with Crippen LogP contribution in [0.25, 0.3) is 0 Å². The molecule has 1 atom stereocenters. The molecule has 1 aliphatic heterocycles. The lowest BCUT2D eigenvalue weighted by Gasteiger charge is -2.27. The van der Waals surface area contributed by atoms with Gasteiger partial charge in [0.2, 0.25) is 0 Å². The van der Waals surface area contributed by atoms with E-state index < -0.39 is 5.41 Å². The van der Waals surface area contributed by atoms with Crippen LogP contribution in [0.5, 0.6) is 0 Å². The standard InChI is InChI=1S/C14H15ClN4O/c1-8-6-12(16)17-7-14(3,13(20)9(8)2)10-4-5-11(15)19-18-10/h4-6H,2,7H2,1,3H3,(H2,16,17)/b8-6-. The van der Waals surface area contributed by atoms with Crippen LogP contribution in [-0.4, -0.2) is 28.4 Å². The average Bonchev–Trinajstić information content (AvgIpc) is 2.43. The van der Waals surface area contributed by atoms with Crippen LogP contribution in [0.2, 0.25) is 5.15 Å². The van der Waals surface area contributed by atoms with Crippen LogP contribution in [-0.2, 0) is 10.2 Å². The molecule has 0 saturated carbocycles. The van der Waals surface area contributed by atoms with E-state index in [1.165, 1.54) is 0 Å². The summed E-state index contributed by atoms with van der Waals surface area (Å²) in [4.78, 5) is 16.9. The van der Waals surface area contributed by atoms with Crippen LogP contribution in [0, 0.1) is 0 Å². The Hall–Kier alpha value is -2.01. The lowest BCUT2D eigenvalue weighted by molar-refractivity contribution is -0.119. The van der Waals surface area contributed by atoms with Crippen molar-refractivity contribution < 1.29 is 4.79 Å². The van der Waals surface area contributed by atoms with Crippen molar-refractivity contribution in [3.05, 3.63) is 46.8 Å². The number of Topliss-reactive ketones (excluding diaryl/α,β-unsaturated/α-hetero) is 1. The van der Waals surface area contributed by atoms with Crippen molar-refractivity contribution in [2.24, 2.45) is 10.7 Å². The van der Waals surface area contributed by atoms with Crippen molar-refractivity contribution in [3.63, 3.8) is 0 Å². The van der Waals surface area contributed by atoms with E-state index in [2.05, 4.69) is 21.8 Å². The first-order valence-corrected chi connectivity index (χ1v) is 6.44. The number of allylic oxidation sites excluding steroid dienone is 2. The predicted molar refractivity (Wildman–Crippen MR) is 78.8 cm³/mol. The number of hydrogen-bond donors (Lipinski definition) is 1. The van der Waals surface area contributed by atoms with Crippen LogP contribution in [0.3, 0.4) is 0 Å². The number of aliphatic imine (C=N–C) groups is 1. The van der Waals surface area contributed by atoms with E-state index >= 15 is 0 Å². The zero-order chi connectivity index (χ0) is 14.9. The van der Waals surface area contributed by atoms with Gasteiger partial charge in [0.15, 0.2) is 10.9 Å². The number of carbonyl (C=O) groups is 1. The summed E-state index contributed by atoms with van der Waals surface area (Å²) in [6.07, 6.45) is 1.65. The first kappa shape index (κ1) is 14.4. The van der Waals surface area contributed by atoms with Crippen LogP contribution >= 0.6 is 11.6 Å². The molecule has 0 fully saturated rings. The number of nitrogens with two attached hydrogens (primary N) is 1. The summed E-state index contributed by atoms with van der Waals surface area (Å²) in [5, 5.41) is 8.07. The van der Waals surface area contributed by atoms with Crippen molar-refractivity contribution in [2.45, 2.75) is 19.3 Å². The van der Waals surface area contributed by atoms with E-state index in [-0.39, 0.29) is 17.5 Å². The Morgan fingerprint density at radius 3 is 2.70 bits per heavy atom. The van der Waals surface area contributed by atoms with Crippen molar-refractivity contribution in [1.29, 1.82) is 0 Å². The zero-order valence-electron chi connectivity index (χ0n) is 11.4. The topological polar surface area (TPSA) is 81.2 Å². The van der Waals surface area contributed by atoms with Gasteiger partial charge in [-0.2, -0.15) is 5.10 Å². The second-order valence-corrected chi connectivity index (χ2v) is 5.34. The molecule has 0 radical (unpaired) electrons. The number of amidine groups is 1. The molecule has 1 aromatic heterocycles. The van der Waals surface area contributed by atoms with Crippen LogP contribution in [0.15, 0.2) is 40.9 Å². The minimum absolute atomic E-state index is 0.140. The Morgan fingerprint density at radius 2 is 2.10 bits per heavy atom. The van der Waals surface area contributed by atoms with Gasteiger partial charge in [0, 0.05) is 5.57 Å². The largest absolute Gasteiger partial charge is 0.384 e. The van der Waals surface area contributed by atoms with Crippen molar-refractivity contribution in [3.8, 4) is 0 Å². The SMILES string of the molecule is C=C1C(=O)C(C)(c2ccc(Cl)nn2)C/N=C(N)\C=C/1C. The second kappa shape index (κ2) is 5.17. The summed E-state index contributed by atoms with van der Waals surface area (Å²) in [6, 6.07) is 3.27. The number of halogens is 1. The molecule has 1 aliphatic rings. The molecule has 2 heterocycles. The maximum absolute atomic E-state index is 12.7. The molecule has 20 heavy (non-hydrogen) atoms. The van der Waals surface area contributed by atoms with E-state index in [9.17, 15) is 4.79 Å². The van der Waals surface area contributed by atoms with Gasteiger partial charge in [-0.15, -0.1) is 5.10 Å². The van der Waals surface area contributed by atoms with Gasteiger partial charge < -0.3 is 5.73 Å². The fraction of sp³-hybridized carbons (Fsp3) is 0.286. The van der Waals surface area contributed by atoms with E-state index in [0.717, 1.165) is 0 Å². The monoisotopic (exact) mass is 290 g/mol. The summed E-state index contributed by atoms with van der Waals surface area (Å²) in [5.41, 5.74) is 6.44. The normalized spacial score (nSPS) is 28.9. The maximum Gasteiger partial charge on any atom is 0.176 e. The molecular formula is C14H15ClN4O. The Labute approximate surface area is 122 Å². The molecule has 0 aliphatic carbocycles. The number of ketones is 1. The number of carbonyl (C=O) groups excluding carboxylic acids is 1. The quantitative estimate of drug-likeness (QED) is 0.800. The highest BCUT2D eigenvalue weighted by atomic mass is 35.5. The van der Waals surface area contributed by atoms with Crippen LogP contribution < -0.4 is 5.73 Å². The summed E-state index contributed by atoms with van der Waals surface area (Å²) < 4.78 is 0. The minimum atomic E-state index is -0.950. The Kier molecular flexibility index (Phi) is 3.72. The summed E-state index contributed by atoms with van der Waals surface area (Å²) in [7, 11) is 0. The molecule has 0 amide bonds. The van der Waals surface area contributed by atoms with Gasteiger partial charge in [-0.3, -0.25) is 9.79 Å². The zero-order valence-corrected chi connectivity index (χ0v) is 12.1. The molecule has 2 rings (SSSR count). The molecule has 1 unspecified atom stereocenters. The first-order chi connectivity index (χ1) is 9.34.